The Morgan fingerprint density at radius 3 is 2.50 bits per heavy atom. The summed E-state index contributed by atoms with van der Waals surface area (Å²) in [6.07, 6.45) is 0.316. The van der Waals surface area contributed by atoms with Gasteiger partial charge in [0.25, 0.3) is 0 Å². The van der Waals surface area contributed by atoms with Crippen LogP contribution in [0.15, 0.2) is 18.2 Å². The van der Waals surface area contributed by atoms with Crippen molar-refractivity contribution in [2.75, 3.05) is 34.0 Å². The summed E-state index contributed by atoms with van der Waals surface area (Å²) in [6.45, 7) is 3.30. The first-order valence-electron chi connectivity index (χ1n) is 7.55. The quantitative estimate of drug-likeness (QED) is 0.532. The minimum absolute atomic E-state index is 0.121. The summed E-state index contributed by atoms with van der Waals surface area (Å²) in [5.74, 6) is 1.33. The Hall–Kier alpha value is -1.34. The van der Waals surface area contributed by atoms with Crippen molar-refractivity contribution in [1.29, 1.82) is 0 Å². The molecule has 1 aromatic rings. The monoisotopic (exact) mass is 314 g/mol. The van der Waals surface area contributed by atoms with Crippen molar-refractivity contribution in [3.05, 3.63) is 23.8 Å². The van der Waals surface area contributed by atoms with Crippen LogP contribution in [0, 0.1) is 0 Å². The zero-order chi connectivity index (χ0) is 16.4. The van der Waals surface area contributed by atoms with Gasteiger partial charge in [0.1, 0.15) is 18.7 Å². The topological polar surface area (TPSA) is 84.8 Å². The average molecular weight is 314 g/mol. The van der Waals surface area contributed by atoms with E-state index in [1.54, 1.807) is 14.2 Å². The largest absolute Gasteiger partial charge is 0.493 e. The average Bonchev–Trinajstić information content (AvgIpc) is 2.55. The first-order valence-corrected chi connectivity index (χ1v) is 7.55. The van der Waals surface area contributed by atoms with E-state index < -0.39 is 6.10 Å². The smallest absolute Gasteiger partial charge is 0.161 e. The molecule has 0 aliphatic rings. The molecule has 126 valence electrons. The molecule has 0 aromatic heterocycles. The highest BCUT2D eigenvalue weighted by atomic mass is 16.5. The van der Waals surface area contributed by atoms with Crippen LogP contribution in [0.1, 0.15) is 18.9 Å². The van der Waals surface area contributed by atoms with Crippen LogP contribution < -0.4 is 14.8 Å². The summed E-state index contributed by atoms with van der Waals surface area (Å²) in [5.41, 5.74) is 0.954. The van der Waals surface area contributed by atoms with E-state index in [4.69, 9.17) is 19.3 Å². The standard InChI is InChI=1S/C16H27NO5/c1-4-13(9-18)17-8-14(19)11-22-10-12-5-6-15(20-2)16(7-12)21-3/h5-7,13-14,17-19H,4,8-11H2,1-3H3/p+1/t13-,14-/m0/s1. The minimum Gasteiger partial charge on any atom is -0.493 e. The van der Waals surface area contributed by atoms with Gasteiger partial charge in [-0.15, -0.1) is 0 Å². The van der Waals surface area contributed by atoms with Crippen LogP contribution in [0.4, 0.5) is 0 Å². The fraction of sp³-hybridized carbons (Fsp3) is 0.625. The maximum Gasteiger partial charge on any atom is 0.161 e. The number of hydrogen-bond donors (Lipinski definition) is 3. The molecule has 4 N–H and O–H groups in total. The van der Waals surface area contributed by atoms with Crippen LogP contribution in [0.5, 0.6) is 11.5 Å². The van der Waals surface area contributed by atoms with Gasteiger partial charge in [0.05, 0.1) is 34.0 Å². The maximum atomic E-state index is 9.87. The molecular weight excluding hydrogens is 286 g/mol. The zero-order valence-electron chi connectivity index (χ0n) is 13.6. The van der Waals surface area contributed by atoms with E-state index in [9.17, 15) is 5.11 Å². The van der Waals surface area contributed by atoms with Crippen LogP contribution in [-0.4, -0.2) is 56.3 Å². The molecule has 2 atom stereocenters. The molecule has 0 fully saturated rings. The van der Waals surface area contributed by atoms with Gasteiger partial charge in [0, 0.05) is 0 Å². The Morgan fingerprint density at radius 2 is 1.91 bits per heavy atom. The van der Waals surface area contributed by atoms with Gasteiger partial charge >= 0.3 is 0 Å². The molecule has 0 radical (unpaired) electrons. The van der Waals surface area contributed by atoms with Crippen molar-refractivity contribution < 1.29 is 29.7 Å². The van der Waals surface area contributed by atoms with Crippen LogP contribution >= 0.6 is 0 Å². The highest BCUT2D eigenvalue weighted by Gasteiger charge is 2.12. The van der Waals surface area contributed by atoms with E-state index >= 15 is 0 Å². The third-order valence-electron chi connectivity index (χ3n) is 3.53. The summed E-state index contributed by atoms with van der Waals surface area (Å²) in [6, 6.07) is 5.73. The van der Waals surface area contributed by atoms with Crippen LogP contribution in [-0.2, 0) is 11.3 Å². The summed E-state index contributed by atoms with van der Waals surface area (Å²) < 4.78 is 15.9. The molecule has 0 heterocycles. The van der Waals surface area contributed by atoms with Crippen molar-refractivity contribution in [2.45, 2.75) is 32.1 Å². The summed E-state index contributed by atoms with van der Waals surface area (Å²) in [4.78, 5) is 0. The number of rotatable bonds is 11. The predicted octanol–water partition coefficient (Wildman–Crippen LogP) is -0.0844. The minimum atomic E-state index is -0.555. The highest BCUT2D eigenvalue weighted by Crippen LogP contribution is 2.27. The molecule has 0 amide bonds. The Morgan fingerprint density at radius 1 is 1.18 bits per heavy atom. The molecule has 0 aliphatic heterocycles. The van der Waals surface area contributed by atoms with E-state index in [-0.39, 0.29) is 19.3 Å². The third-order valence-corrected chi connectivity index (χ3v) is 3.53. The van der Waals surface area contributed by atoms with Gasteiger partial charge in [0.15, 0.2) is 11.5 Å². The van der Waals surface area contributed by atoms with Crippen molar-refractivity contribution in [1.82, 2.24) is 0 Å². The Bertz CT molecular complexity index is 423. The van der Waals surface area contributed by atoms with Gasteiger partial charge < -0.3 is 29.7 Å². The van der Waals surface area contributed by atoms with Crippen molar-refractivity contribution in [3.8, 4) is 11.5 Å². The fourth-order valence-corrected chi connectivity index (χ4v) is 2.07. The second kappa shape index (κ2) is 10.4. The number of quaternary nitrogens is 1. The van der Waals surface area contributed by atoms with E-state index in [1.807, 2.05) is 30.4 Å². The molecule has 6 nitrogen and oxygen atoms in total. The van der Waals surface area contributed by atoms with Gasteiger partial charge in [-0.2, -0.15) is 0 Å². The van der Waals surface area contributed by atoms with Gasteiger partial charge in [0.2, 0.25) is 0 Å². The lowest BCUT2D eigenvalue weighted by Gasteiger charge is -2.15. The first-order chi connectivity index (χ1) is 10.6. The highest BCUT2D eigenvalue weighted by molar-refractivity contribution is 5.42. The lowest BCUT2D eigenvalue weighted by Crippen LogP contribution is -2.92. The number of methoxy groups -OCH3 is 2. The van der Waals surface area contributed by atoms with Gasteiger partial charge in [-0.05, 0) is 24.1 Å². The predicted molar refractivity (Wildman–Crippen MR) is 83.2 cm³/mol. The molecule has 22 heavy (non-hydrogen) atoms. The molecule has 0 bridgehead atoms. The number of hydrogen-bond acceptors (Lipinski definition) is 5. The van der Waals surface area contributed by atoms with Crippen molar-refractivity contribution in [3.63, 3.8) is 0 Å². The Balaban J connectivity index is 2.34. The summed E-state index contributed by atoms with van der Waals surface area (Å²) in [5, 5.41) is 20.9. The van der Waals surface area contributed by atoms with E-state index in [1.165, 1.54) is 0 Å². The van der Waals surface area contributed by atoms with Crippen LogP contribution in [0.3, 0.4) is 0 Å². The number of benzene rings is 1. The summed E-state index contributed by atoms with van der Waals surface area (Å²) in [7, 11) is 3.18. The number of nitrogens with two attached hydrogens (primary N) is 1. The van der Waals surface area contributed by atoms with Gasteiger partial charge in [-0.25, -0.2) is 0 Å². The molecule has 0 aliphatic carbocycles. The normalized spacial score (nSPS) is 13.7. The lowest BCUT2D eigenvalue weighted by molar-refractivity contribution is -0.696. The molecule has 1 rings (SSSR count). The van der Waals surface area contributed by atoms with E-state index in [0.717, 1.165) is 12.0 Å². The van der Waals surface area contributed by atoms with Crippen LogP contribution in [0.2, 0.25) is 0 Å². The Labute approximate surface area is 132 Å². The van der Waals surface area contributed by atoms with Crippen molar-refractivity contribution >= 4 is 0 Å². The molecular formula is C16H28NO5+. The van der Waals surface area contributed by atoms with Gasteiger partial charge in [-0.1, -0.05) is 13.0 Å². The Kier molecular flexibility index (Phi) is 8.84. The van der Waals surface area contributed by atoms with Gasteiger partial charge in [-0.3, -0.25) is 0 Å². The van der Waals surface area contributed by atoms with E-state index in [0.29, 0.717) is 24.7 Å². The van der Waals surface area contributed by atoms with Crippen LogP contribution in [0.25, 0.3) is 0 Å². The van der Waals surface area contributed by atoms with Crippen molar-refractivity contribution in [2.24, 2.45) is 0 Å². The number of aliphatic hydroxyl groups excluding tert-OH is 2. The number of aliphatic hydroxyl groups is 2. The number of ether oxygens (including phenoxy) is 3. The second-order valence-corrected chi connectivity index (χ2v) is 5.18. The third kappa shape index (κ3) is 6.19. The molecule has 0 spiro atoms. The first kappa shape index (κ1) is 18.7. The molecule has 0 unspecified atom stereocenters. The fourth-order valence-electron chi connectivity index (χ4n) is 2.07. The molecule has 0 saturated heterocycles. The molecule has 0 saturated carbocycles. The molecule has 1 aromatic carbocycles. The zero-order valence-corrected chi connectivity index (χ0v) is 13.6. The van der Waals surface area contributed by atoms with E-state index in [2.05, 4.69) is 0 Å². The lowest BCUT2D eigenvalue weighted by atomic mass is 10.2. The second-order valence-electron chi connectivity index (χ2n) is 5.18. The SMILES string of the molecule is CC[C@@H](CO)[NH2+]C[C@H](O)COCc1ccc(OC)c(OC)c1. The maximum absolute atomic E-state index is 9.87. The molecule has 6 heteroatoms. The summed E-state index contributed by atoms with van der Waals surface area (Å²) >= 11 is 0.